The molecule has 0 amide bonds. The lowest BCUT2D eigenvalue weighted by Crippen LogP contribution is -2.04. The maximum Gasteiger partial charge on any atom is 0.137 e. The van der Waals surface area contributed by atoms with Crippen LogP contribution < -0.4 is 5.32 Å². The fourth-order valence-electron chi connectivity index (χ4n) is 2.23. The average molecular weight is 276 g/mol. The number of hydrogen-bond donors (Lipinski definition) is 1. The molecule has 0 bridgehead atoms. The van der Waals surface area contributed by atoms with Crippen molar-refractivity contribution in [1.82, 2.24) is 15.0 Å². The molecule has 2 heterocycles. The van der Waals surface area contributed by atoms with Crippen LogP contribution in [0.4, 0.5) is 5.82 Å². The highest BCUT2D eigenvalue weighted by Gasteiger charge is 2.08. The normalized spacial score (nSPS) is 10.3. The van der Waals surface area contributed by atoms with E-state index in [1.165, 1.54) is 5.56 Å². The van der Waals surface area contributed by atoms with Gasteiger partial charge in [-0.2, -0.15) is 0 Å². The van der Waals surface area contributed by atoms with Gasteiger partial charge in [0.1, 0.15) is 12.1 Å². The van der Waals surface area contributed by atoms with E-state index in [0.717, 1.165) is 22.5 Å². The summed E-state index contributed by atoms with van der Waals surface area (Å²) < 4.78 is 0. The fraction of sp³-hybridized carbons (Fsp3) is 0.118. The summed E-state index contributed by atoms with van der Waals surface area (Å²) in [7, 11) is 0. The molecule has 104 valence electrons. The molecule has 0 spiro atoms. The van der Waals surface area contributed by atoms with Crippen LogP contribution >= 0.6 is 0 Å². The summed E-state index contributed by atoms with van der Waals surface area (Å²) >= 11 is 0. The Morgan fingerprint density at radius 2 is 1.86 bits per heavy atom. The van der Waals surface area contributed by atoms with Gasteiger partial charge in [0.05, 0.1) is 0 Å². The van der Waals surface area contributed by atoms with Crippen LogP contribution in [0.15, 0.2) is 61.3 Å². The molecular formula is C17H16N4. The van der Waals surface area contributed by atoms with Crippen LogP contribution in [0.5, 0.6) is 0 Å². The van der Waals surface area contributed by atoms with Gasteiger partial charge >= 0.3 is 0 Å². The predicted octanol–water partition coefficient (Wildman–Crippen LogP) is 3.46. The van der Waals surface area contributed by atoms with E-state index in [4.69, 9.17) is 0 Å². The minimum atomic E-state index is 0.684. The Morgan fingerprint density at radius 3 is 2.67 bits per heavy atom. The van der Waals surface area contributed by atoms with Crippen molar-refractivity contribution in [2.45, 2.75) is 13.5 Å². The highest BCUT2D eigenvalue weighted by Crippen LogP contribution is 2.28. The highest BCUT2D eigenvalue weighted by molar-refractivity contribution is 5.76. The van der Waals surface area contributed by atoms with Crippen LogP contribution in [0.3, 0.4) is 0 Å². The molecule has 0 aliphatic rings. The molecule has 0 saturated heterocycles. The molecule has 0 fully saturated rings. The SMILES string of the molecule is Cc1ccccc1-c1cncnc1NCc1cccnc1. The third-order valence-electron chi connectivity index (χ3n) is 3.33. The van der Waals surface area contributed by atoms with Crippen molar-refractivity contribution in [2.75, 3.05) is 5.32 Å². The maximum absolute atomic E-state index is 4.37. The van der Waals surface area contributed by atoms with Gasteiger partial charge in [-0.3, -0.25) is 4.98 Å². The first-order valence-corrected chi connectivity index (χ1v) is 6.83. The molecule has 0 aliphatic heterocycles. The first-order chi connectivity index (χ1) is 10.3. The number of pyridine rings is 1. The van der Waals surface area contributed by atoms with Gasteiger partial charge in [-0.25, -0.2) is 9.97 Å². The lowest BCUT2D eigenvalue weighted by Gasteiger charge is -2.12. The van der Waals surface area contributed by atoms with Crippen molar-refractivity contribution in [3.05, 3.63) is 72.4 Å². The Hall–Kier alpha value is -2.75. The van der Waals surface area contributed by atoms with Gasteiger partial charge in [0.15, 0.2) is 0 Å². The van der Waals surface area contributed by atoms with Crippen molar-refractivity contribution in [3.8, 4) is 11.1 Å². The number of aromatic nitrogens is 3. The molecule has 0 radical (unpaired) electrons. The summed E-state index contributed by atoms with van der Waals surface area (Å²) in [4.78, 5) is 12.6. The molecule has 3 aromatic rings. The van der Waals surface area contributed by atoms with E-state index in [1.54, 1.807) is 12.5 Å². The number of hydrogen-bond acceptors (Lipinski definition) is 4. The second-order valence-corrected chi connectivity index (χ2v) is 4.81. The molecule has 0 saturated carbocycles. The molecule has 1 N–H and O–H groups in total. The van der Waals surface area contributed by atoms with E-state index in [2.05, 4.69) is 39.3 Å². The Balaban J connectivity index is 1.88. The molecule has 4 heteroatoms. The van der Waals surface area contributed by atoms with E-state index < -0.39 is 0 Å². The lowest BCUT2D eigenvalue weighted by atomic mass is 10.0. The molecule has 0 atom stereocenters. The number of rotatable bonds is 4. The predicted molar refractivity (Wildman–Crippen MR) is 83.8 cm³/mol. The maximum atomic E-state index is 4.37. The summed E-state index contributed by atoms with van der Waals surface area (Å²) in [5, 5.41) is 3.36. The van der Waals surface area contributed by atoms with E-state index >= 15 is 0 Å². The van der Waals surface area contributed by atoms with Crippen LogP contribution in [0.25, 0.3) is 11.1 Å². The summed E-state index contributed by atoms with van der Waals surface area (Å²) in [5.41, 5.74) is 4.48. The topological polar surface area (TPSA) is 50.7 Å². The smallest absolute Gasteiger partial charge is 0.137 e. The lowest BCUT2D eigenvalue weighted by molar-refractivity contribution is 1.07. The molecule has 21 heavy (non-hydrogen) atoms. The van der Waals surface area contributed by atoms with E-state index in [-0.39, 0.29) is 0 Å². The van der Waals surface area contributed by atoms with Gasteiger partial charge in [0.25, 0.3) is 0 Å². The summed E-state index contributed by atoms with van der Waals surface area (Å²) in [6.45, 7) is 2.77. The van der Waals surface area contributed by atoms with Crippen molar-refractivity contribution in [1.29, 1.82) is 0 Å². The van der Waals surface area contributed by atoms with Gasteiger partial charge in [0, 0.05) is 30.7 Å². The Labute approximate surface area is 123 Å². The molecule has 0 unspecified atom stereocenters. The number of nitrogens with one attached hydrogen (secondary N) is 1. The summed E-state index contributed by atoms with van der Waals surface area (Å²) in [6.07, 6.45) is 7.03. The van der Waals surface area contributed by atoms with Gasteiger partial charge in [-0.15, -0.1) is 0 Å². The van der Waals surface area contributed by atoms with E-state index in [0.29, 0.717) is 6.54 Å². The molecule has 3 rings (SSSR count). The number of benzene rings is 1. The van der Waals surface area contributed by atoms with Crippen molar-refractivity contribution in [3.63, 3.8) is 0 Å². The number of nitrogens with zero attached hydrogens (tertiary/aromatic N) is 3. The molecular weight excluding hydrogens is 260 g/mol. The highest BCUT2D eigenvalue weighted by atomic mass is 15.0. The fourth-order valence-corrected chi connectivity index (χ4v) is 2.23. The minimum absolute atomic E-state index is 0.684. The average Bonchev–Trinajstić information content (AvgIpc) is 2.55. The van der Waals surface area contributed by atoms with Gasteiger partial charge in [-0.05, 0) is 29.7 Å². The summed E-state index contributed by atoms with van der Waals surface area (Å²) in [6, 6.07) is 12.2. The molecule has 0 aliphatic carbocycles. The van der Waals surface area contributed by atoms with Crippen LogP contribution in [-0.2, 0) is 6.54 Å². The second-order valence-electron chi connectivity index (χ2n) is 4.81. The van der Waals surface area contributed by atoms with Crippen LogP contribution in [0.1, 0.15) is 11.1 Å². The van der Waals surface area contributed by atoms with Crippen LogP contribution in [0, 0.1) is 6.92 Å². The van der Waals surface area contributed by atoms with Crippen molar-refractivity contribution < 1.29 is 0 Å². The standard InChI is InChI=1S/C17H16N4/c1-13-5-2-3-7-15(13)16-11-19-12-21-17(16)20-10-14-6-4-8-18-9-14/h2-9,11-12H,10H2,1H3,(H,19,20,21). The van der Waals surface area contributed by atoms with E-state index in [9.17, 15) is 0 Å². The Bertz CT molecular complexity index is 726. The third kappa shape index (κ3) is 3.05. The van der Waals surface area contributed by atoms with Gasteiger partial charge in [0.2, 0.25) is 0 Å². The number of aryl methyl sites for hydroxylation is 1. The van der Waals surface area contributed by atoms with Crippen LogP contribution in [-0.4, -0.2) is 15.0 Å². The zero-order chi connectivity index (χ0) is 14.5. The second kappa shape index (κ2) is 6.13. The van der Waals surface area contributed by atoms with Crippen molar-refractivity contribution >= 4 is 5.82 Å². The summed E-state index contributed by atoms with van der Waals surface area (Å²) in [5.74, 6) is 0.836. The minimum Gasteiger partial charge on any atom is -0.365 e. The molecule has 4 nitrogen and oxygen atoms in total. The first-order valence-electron chi connectivity index (χ1n) is 6.83. The van der Waals surface area contributed by atoms with Crippen LogP contribution in [0.2, 0.25) is 0 Å². The monoisotopic (exact) mass is 276 g/mol. The Kier molecular flexibility index (Phi) is 3.87. The number of anilines is 1. The zero-order valence-electron chi connectivity index (χ0n) is 11.8. The molecule has 1 aromatic carbocycles. The quantitative estimate of drug-likeness (QED) is 0.793. The zero-order valence-corrected chi connectivity index (χ0v) is 11.8. The Morgan fingerprint density at radius 1 is 0.952 bits per heavy atom. The molecule has 2 aromatic heterocycles. The van der Waals surface area contributed by atoms with E-state index in [1.807, 2.05) is 36.7 Å². The first kappa shape index (κ1) is 13.2. The largest absolute Gasteiger partial charge is 0.365 e. The van der Waals surface area contributed by atoms with Gasteiger partial charge < -0.3 is 5.32 Å². The van der Waals surface area contributed by atoms with Gasteiger partial charge in [-0.1, -0.05) is 30.3 Å². The van der Waals surface area contributed by atoms with Crippen molar-refractivity contribution in [2.24, 2.45) is 0 Å². The third-order valence-corrected chi connectivity index (χ3v) is 3.33.